The van der Waals surface area contributed by atoms with Gasteiger partial charge in [-0.3, -0.25) is 14.3 Å². The molecule has 5 aromatic rings. The Hall–Kier alpha value is -5.14. The molecule has 0 atom stereocenters. The molecule has 73 heavy (non-hydrogen) atoms. The van der Waals surface area contributed by atoms with E-state index in [4.69, 9.17) is 27.9 Å². The predicted molar refractivity (Wildman–Crippen MR) is 246 cm³/mol. The second kappa shape index (κ2) is 22.0. The van der Waals surface area contributed by atoms with Crippen molar-refractivity contribution < 1.29 is 76.5 Å². The normalized spacial score (nSPS) is 15.5. The molecule has 5 heterocycles. The van der Waals surface area contributed by atoms with Crippen LogP contribution >= 0.6 is 45.9 Å². The van der Waals surface area contributed by atoms with Gasteiger partial charge in [0.15, 0.2) is 0 Å². The molecule has 0 aliphatic carbocycles. The highest BCUT2D eigenvalue weighted by Crippen LogP contribution is 2.45. The van der Waals surface area contributed by atoms with E-state index in [0.717, 1.165) is 22.7 Å². The van der Waals surface area contributed by atoms with Crippen molar-refractivity contribution in [1.29, 1.82) is 0 Å². The molecule has 2 aromatic carbocycles. The standard InChI is InChI=1S/C25H23ClF6N4O3S.C21H21ClF6N2O2S/c1-13-7-18(11-20(38)39-2)34-36(13)12-19(37)35-5-3-14(4-6-35)23-33-21(22(26)40-23)15-8-16(24(27,28)29)10-17(9-15)25(30,31)32;1-19(2,3)32-18(31)30-6-4-11(5-7-30)17-29-15(16(22)33-17)12-8-13(20(23,24)25)10-14(9-12)21(26,27)28/h7-10,14H,3-6,11-12H2,1-2H3;8-11H,4-7H2,1-3H3. The average molecular weight is 1120 g/mol. The Kier molecular flexibility index (Phi) is 17.2. The van der Waals surface area contributed by atoms with E-state index in [1.54, 1.807) is 43.6 Å². The Morgan fingerprint density at radius 2 is 1.01 bits per heavy atom. The molecule has 2 aliphatic rings. The Labute approximate surface area is 427 Å². The number of likely N-dealkylation sites (tertiary alicyclic amines) is 2. The van der Waals surface area contributed by atoms with Crippen LogP contribution < -0.4 is 0 Å². The van der Waals surface area contributed by atoms with Gasteiger partial charge >= 0.3 is 36.8 Å². The monoisotopic (exact) mass is 1120 g/mol. The summed E-state index contributed by atoms with van der Waals surface area (Å²) in [6.45, 7) is 8.52. The lowest BCUT2D eigenvalue weighted by Gasteiger charge is -2.32. The van der Waals surface area contributed by atoms with E-state index >= 15 is 0 Å². The lowest BCUT2D eigenvalue weighted by molar-refractivity contribution is -0.144. The van der Waals surface area contributed by atoms with Gasteiger partial charge in [0.1, 0.15) is 32.2 Å². The summed E-state index contributed by atoms with van der Waals surface area (Å²) in [6, 6.07) is 4.27. The zero-order chi connectivity index (χ0) is 54.2. The first kappa shape index (κ1) is 57.1. The number of aryl methyl sites for hydroxylation is 1. The number of hydrogen-bond donors (Lipinski definition) is 0. The molecule has 0 spiro atoms. The van der Waals surface area contributed by atoms with Crippen LogP contribution in [0.2, 0.25) is 8.67 Å². The van der Waals surface area contributed by atoms with Crippen LogP contribution in [0.4, 0.5) is 57.5 Å². The largest absolute Gasteiger partial charge is 0.469 e. The molecule has 27 heteroatoms. The van der Waals surface area contributed by atoms with E-state index in [9.17, 15) is 67.1 Å². The first-order chi connectivity index (χ1) is 33.7. The Morgan fingerprint density at radius 3 is 1.37 bits per heavy atom. The number of amides is 2. The van der Waals surface area contributed by atoms with E-state index in [-0.39, 0.29) is 74.0 Å². The number of carbonyl (C=O) groups excluding carboxylic acids is 3. The fourth-order valence-corrected chi connectivity index (χ4v) is 10.6. The number of rotatable bonds is 8. The van der Waals surface area contributed by atoms with E-state index in [1.807, 2.05) is 0 Å². The van der Waals surface area contributed by atoms with Crippen LogP contribution in [-0.4, -0.2) is 86.4 Å². The molecule has 3 aromatic heterocycles. The number of thiazole rings is 2. The van der Waals surface area contributed by atoms with Gasteiger partial charge in [0.25, 0.3) is 0 Å². The lowest BCUT2D eigenvalue weighted by Crippen LogP contribution is -2.41. The van der Waals surface area contributed by atoms with E-state index in [2.05, 4.69) is 19.8 Å². The topological polar surface area (TPSA) is 120 Å². The lowest BCUT2D eigenvalue weighted by atomic mass is 9.97. The molecule has 0 bridgehead atoms. The second-order valence-corrected chi connectivity index (χ2v) is 21.3. The maximum atomic E-state index is 13.3. The zero-order valence-corrected chi connectivity index (χ0v) is 42.2. The Morgan fingerprint density at radius 1 is 0.630 bits per heavy atom. The molecule has 2 fully saturated rings. The minimum absolute atomic E-state index is 0.00650. The molecular formula is C46H44Cl2F12N6O5S2. The summed E-state index contributed by atoms with van der Waals surface area (Å²) < 4.78 is 170. The van der Waals surface area contributed by atoms with E-state index < -0.39 is 64.6 Å². The van der Waals surface area contributed by atoms with Crippen LogP contribution in [0.5, 0.6) is 0 Å². The highest BCUT2D eigenvalue weighted by Gasteiger charge is 2.40. The number of hydrogen-bond acceptors (Lipinski definition) is 10. The molecule has 0 radical (unpaired) electrons. The minimum Gasteiger partial charge on any atom is -0.469 e. The maximum Gasteiger partial charge on any atom is 0.416 e. The Bertz CT molecular complexity index is 2740. The molecular weight excluding hydrogens is 1080 g/mol. The van der Waals surface area contributed by atoms with Crippen molar-refractivity contribution in [1.82, 2.24) is 29.5 Å². The van der Waals surface area contributed by atoms with Gasteiger partial charge in [0.05, 0.1) is 51.5 Å². The summed E-state index contributed by atoms with van der Waals surface area (Å²) >= 11 is 14.5. The van der Waals surface area contributed by atoms with Gasteiger partial charge in [-0.1, -0.05) is 23.2 Å². The number of benzene rings is 2. The highest BCUT2D eigenvalue weighted by molar-refractivity contribution is 7.16. The molecule has 398 valence electrons. The van der Waals surface area contributed by atoms with Gasteiger partial charge in [-0.15, -0.1) is 22.7 Å². The van der Waals surface area contributed by atoms with Crippen molar-refractivity contribution >= 4 is 63.8 Å². The number of carbonyl (C=O) groups is 3. The number of aromatic nitrogens is 4. The van der Waals surface area contributed by atoms with Gasteiger partial charge < -0.3 is 19.3 Å². The van der Waals surface area contributed by atoms with Crippen LogP contribution in [0.25, 0.3) is 22.5 Å². The van der Waals surface area contributed by atoms with Crippen molar-refractivity contribution in [3.8, 4) is 22.5 Å². The predicted octanol–water partition coefficient (Wildman–Crippen LogP) is 13.7. The number of alkyl halides is 12. The summed E-state index contributed by atoms with van der Waals surface area (Å²) in [5.74, 6) is -0.938. The van der Waals surface area contributed by atoms with Gasteiger partial charge in [-0.2, -0.15) is 57.8 Å². The first-order valence-corrected chi connectivity index (χ1v) is 24.4. The molecule has 11 nitrogen and oxygen atoms in total. The van der Waals surface area contributed by atoms with Crippen molar-refractivity contribution in [2.75, 3.05) is 33.3 Å². The van der Waals surface area contributed by atoms with Crippen LogP contribution in [0.1, 0.15) is 102 Å². The Balaban J connectivity index is 0.000000243. The zero-order valence-electron chi connectivity index (χ0n) is 39.1. The number of ether oxygens (including phenoxy) is 2. The van der Waals surface area contributed by atoms with Gasteiger partial charge in [0, 0.05) is 54.8 Å². The van der Waals surface area contributed by atoms with Crippen LogP contribution in [0, 0.1) is 6.92 Å². The van der Waals surface area contributed by atoms with Gasteiger partial charge in [-0.05, 0) is 95.8 Å². The number of piperidine rings is 2. The highest BCUT2D eigenvalue weighted by atomic mass is 35.5. The van der Waals surface area contributed by atoms with Crippen molar-refractivity contribution in [2.24, 2.45) is 0 Å². The number of halogens is 14. The summed E-state index contributed by atoms with van der Waals surface area (Å²) in [5, 5.41) is 5.27. The van der Waals surface area contributed by atoms with Crippen molar-refractivity contribution in [2.45, 2.75) is 108 Å². The molecule has 2 amide bonds. The van der Waals surface area contributed by atoms with E-state index in [1.165, 1.54) is 11.8 Å². The van der Waals surface area contributed by atoms with E-state index in [0.29, 0.717) is 97.5 Å². The van der Waals surface area contributed by atoms with Gasteiger partial charge in [-0.25, -0.2) is 14.8 Å². The van der Waals surface area contributed by atoms with Crippen molar-refractivity contribution in [3.05, 3.63) is 94.8 Å². The molecule has 2 saturated heterocycles. The van der Waals surface area contributed by atoms with Crippen LogP contribution in [0.15, 0.2) is 42.5 Å². The molecule has 0 saturated carbocycles. The molecule has 0 unspecified atom stereocenters. The third-order valence-corrected chi connectivity index (χ3v) is 14.3. The third kappa shape index (κ3) is 14.8. The van der Waals surface area contributed by atoms with Gasteiger partial charge in [0.2, 0.25) is 5.91 Å². The average Bonchev–Trinajstić information content (AvgIpc) is 3.99. The number of methoxy groups -OCH3 is 1. The fourth-order valence-electron chi connectivity index (χ4n) is 7.81. The summed E-state index contributed by atoms with van der Waals surface area (Å²) in [4.78, 5) is 48.4. The number of nitrogens with zero attached hydrogens (tertiary/aromatic N) is 6. The minimum atomic E-state index is -4.99. The van der Waals surface area contributed by atoms with Crippen LogP contribution in [0.3, 0.4) is 0 Å². The summed E-state index contributed by atoms with van der Waals surface area (Å²) in [7, 11) is 1.27. The fraction of sp³-hybridized carbons (Fsp3) is 0.478. The first-order valence-electron chi connectivity index (χ1n) is 22.0. The molecule has 0 N–H and O–H groups in total. The molecule has 7 rings (SSSR count). The smallest absolute Gasteiger partial charge is 0.416 e. The van der Waals surface area contributed by atoms with Crippen molar-refractivity contribution in [3.63, 3.8) is 0 Å². The van der Waals surface area contributed by atoms with Crippen LogP contribution in [-0.2, 0) is 56.7 Å². The summed E-state index contributed by atoms with van der Waals surface area (Å²) in [5.41, 5.74) is -6.18. The SMILES string of the molecule is CC(C)(C)OC(=O)N1CCC(c2nc(-c3cc(C(F)(F)F)cc(C(F)(F)F)c3)c(Cl)s2)CC1.COC(=O)Cc1cc(C)n(CC(=O)N2CCC(c3nc(-c4cc(C(F)(F)F)cc(C(F)(F)F)c4)c(Cl)s3)CC2)n1. The summed E-state index contributed by atoms with van der Waals surface area (Å²) in [6.07, 6.45) is -18.4. The number of esters is 1. The maximum absolute atomic E-state index is 13.3. The quantitative estimate of drug-likeness (QED) is 0.111. The third-order valence-electron chi connectivity index (χ3n) is 11.5. The second-order valence-electron chi connectivity index (χ2n) is 18.0. The molecule has 2 aliphatic heterocycles.